The number of nitrogens with zero attached hydrogens (tertiary/aromatic N) is 3. The Morgan fingerprint density at radius 3 is 3.00 bits per heavy atom. The molecule has 16 heavy (non-hydrogen) atoms. The Morgan fingerprint density at radius 2 is 2.38 bits per heavy atom. The van der Waals surface area contributed by atoms with Crippen molar-refractivity contribution in [2.45, 2.75) is 0 Å². The van der Waals surface area contributed by atoms with Gasteiger partial charge in [0.1, 0.15) is 11.5 Å². The van der Waals surface area contributed by atoms with Crippen molar-refractivity contribution >= 4 is 39.2 Å². The van der Waals surface area contributed by atoms with E-state index in [-0.39, 0.29) is 6.03 Å². The summed E-state index contributed by atoms with van der Waals surface area (Å²) >= 11 is 8.95. The molecule has 0 aromatic carbocycles. The fourth-order valence-corrected chi connectivity index (χ4v) is 1.51. The van der Waals surface area contributed by atoms with E-state index in [0.29, 0.717) is 15.3 Å². The fraction of sp³-hybridized carbons (Fsp3) is 0. The minimum absolute atomic E-state index is 0.312. The summed E-state index contributed by atoms with van der Waals surface area (Å²) in [6, 6.07) is 1.36. The number of amides is 1. The summed E-state index contributed by atoms with van der Waals surface area (Å²) in [6.07, 6.45) is 5.96. The molecule has 0 radical (unpaired) electrons. The number of pyridine rings is 1. The van der Waals surface area contributed by atoms with Crippen LogP contribution in [0.2, 0.25) is 5.15 Å². The second-order valence-corrected chi connectivity index (χ2v) is 4.11. The second-order valence-electron chi connectivity index (χ2n) is 2.90. The molecule has 7 heteroatoms. The maximum Gasteiger partial charge on any atom is 0.331 e. The maximum atomic E-state index is 11.6. The number of hydrogen-bond donors (Lipinski definition) is 1. The number of hydrogen-bond acceptors (Lipinski definition) is 3. The van der Waals surface area contributed by atoms with Gasteiger partial charge in [0.15, 0.2) is 0 Å². The maximum absolute atomic E-state index is 11.6. The van der Waals surface area contributed by atoms with Gasteiger partial charge in [-0.1, -0.05) is 11.6 Å². The van der Waals surface area contributed by atoms with E-state index in [9.17, 15) is 4.79 Å². The number of carbonyl (C=O) groups excluding carboxylic acids is 1. The Hall–Kier alpha value is -1.40. The van der Waals surface area contributed by atoms with E-state index in [0.717, 1.165) is 0 Å². The highest BCUT2D eigenvalue weighted by Crippen LogP contribution is 2.22. The first-order valence-electron chi connectivity index (χ1n) is 4.27. The van der Waals surface area contributed by atoms with Gasteiger partial charge < -0.3 is 5.32 Å². The molecular weight excluding hydrogens is 295 g/mol. The van der Waals surface area contributed by atoms with Crippen molar-refractivity contribution in [2.75, 3.05) is 5.32 Å². The van der Waals surface area contributed by atoms with E-state index >= 15 is 0 Å². The van der Waals surface area contributed by atoms with Gasteiger partial charge in [-0.25, -0.2) is 14.8 Å². The summed E-state index contributed by atoms with van der Waals surface area (Å²) in [5.74, 6) is 0. The van der Waals surface area contributed by atoms with Crippen molar-refractivity contribution in [1.82, 2.24) is 14.5 Å². The highest BCUT2D eigenvalue weighted by atomic mass is 79.9. The van der Waals surface area contributed by atoms with Crippen LogP contribution in [-0.2, 0) is 0 Å². The van der Waals surface area contributed by atoms with Crippen molar-refractivity contribution in [3.8, 4) is 0 Å². The van der Waals surface area contributed by atoms with Gasteiger partial charge in [-0.2, -0.15) is 0 Å². The lowest BCUT2D eigenvalue weighted by atomic mass is 10.4. The summed E-state index contributed by atoms with van der Waals surface area (Å²) in [4.78, 5) is 19.3. The van der Waals surface area contributed by atoms with Crippen LogP contribution in [-0.4, -0.2) is 20.6 Å². The minimum Gasteiger partial charge on any atom is -0.306 e. The third-order valence-electron chi connectivity index (χ3n) is 1.79. The first-order valence-corrected chi connectivity index (χ1v) is 5.44. The van der Waals surface area contributed by atoms with E-state index in [1.54, 1.807) is 12.3 Å². The third kappa shape index (κ3) is 2.40. The average molecular weight is 302 g/mol. The van der Waals surface area contributed by atoms with Crippen LogP contribution in [0.25, 0.3) is 0 Å². The highest BCUT2D eigenvalue weighted by molar-refractivity contribution is 9.10. The zero-order valence-corrected chi connectivity index (χ0v) is 10.2. The van der Waals surface area contributed by atoms with Crippen LogP contribution in [0.15, 0.2) is 35.5 Å². The number of nitrogens with one attached hydrogen (secondary N) is 1. The van der Waals surface area contributed by atoms with Gasteiger partial charge in [0.05, 0.1) is 16.4 Å². The molecule has 1 N–H and O–H groups in total. The number of rotatable bonds is 1. The lowest BCUT2D eigenvalue weighted by Gasteiger charge is -2.05. The first-order chi connectivity index (χ1) is 7.66. The smallest absolute Gasteiger partial charge is 0.306 e. The minimum atomic E-state index is -0.312. The summed E-state index contributed by atoms with van der Waals surface area (Å²) in [7, 11) is 0. The molecule has 0 unspecified atom stereocenters. The van der Waals surface area contributed by atoms with Crippen molar-refractivity contribution in [3.05, 3.63) is 40.6 Å². The topological polar surface area (TPSA) is 59.8 Å². The molecule has 2 aromatic heterocycles. The van der Waals surface area contributed by atoms with Gasteiger partial charge in [0.25, 0.3) is 0 Å². The van der Waals surface area contributed by atoms with E-state index in [4.69, 9.17) is 11.6 Å². The lowest BCUT2D eigenvalue weighted by molar-refractivity contribution is 0.253. The van der Waals surface area contributed by atoms with Gasteiger partial charge in [-0.05, 0) is 22.0 Å². The molecule has 2 aromatic rings. The van der Waals surface area contributed by atoms with Crippen LogP contribution >= 0.6 is 27.5 Å². The monoisotopic (exact) mass is 300 g/mol. The Bertz CT molecular complexity index is 514. The number of imidazole rings is 1. The molecule has 2 heterocycles. The van der Waals surface area contributed by atoms with Crippen molar-refractivity contribution in [1.29, 1.82) is 0 Å². The first kappa shape index (κ1) is 11.1. The van der Waals surface area contributed by atoms with Crippen molar-refractivity contribution in [3.63, 3.8) is 0 Å². The van der Waals surface area contributed by atoms with E-state index < -0.39 is 0 Å². The summed E-state index contributed by atoms with van der Waals surface area (Å²) < 4.78 is 1.94. The quantitative estimate of drug-likeness (QED) is 0.824. The van der Waals surface area contributed by atoms with Gasteiger partial charge in [-0.3, -0.25) is 4.57 Å². The highest BCUT2D eigenvalue weighted by Gasteiger charge is 2.06. The number of carbonyl (C=O) groups is 1. The lowest BCUT2D eigenvalue weighted by Crippen LogP contribution is -2.17. The predicted octanol–water partition coefficient (Wildman–Crippen LogP) is 2.77. The molecule has 0 fully saturated rings. The van der Waals surface area contributed by atoms with E-state index in [1.807, 2.05) is 0 Å². The van der Waals surface area contributed by atoms with E-state index in [1.165, 1.54) is 23.3 Å². The molecule has 0 atom stereocenters. The molecule has 0 saturated heterocycles. The Kier molecular flexibility index (Phi) is 3.21. The number of aromatic nitrogens is 3. The predicted molar refractivity (Wildman–Crippen MR) is 63.6 cm³/mol. The zero-order valence-electron chi connectivity index (χ0n) is 7.89. The molecule has 5 nitrogen and oxygen atoms in total. The van der Waals surface area contributed by atoms with Crippen LogP contribution in [0.4, 0.5) is 10.5 Å². The molecule has 0 aliphatic rings. The fourth-order valence-electron chi connectivity index (χ4n) is 1.06. The van der Waals surface area contributed by atoms with Crippen LogP contribution in [0.5, 0.6) is 0 Å². The molecule has 0 aliphatic heterocycles. The summed E-state index contributed by atoms with van der Waals surface area (Å²) in [5.41, 5.74) is 0.551. The molecule has 1 amide bonds. The second kappa shape index (κ2) is 4.63. The zero-order chi connectivity index (χ0) is 11.5. The third-order valence-corrected chi connectivity index (χ3v) is 2.92. The van der Waals surface area contributed by atoms with Crippen molar-refractivity contribution in [2.24, 2.45) is 0 Å². The Balaban J connectivity index is 2.15. The van der Waals surface area contributed by atoms with Crippen LogP contribution in [0.3, 0.4) is 0 Å². The Labute approximate surface area is 105 Å². The molecule has 0 saturated carbocycles. The van der Waals surface area contributed by atoms with Gasteiger partial charge in [0, 0.05) is 12.4 Å². The summed E-state index contributed by atoms with van der Waals surface area (Å²) in [5, 5.41) is 2.99. The largest absolute Gasteiger partial charge is 0.331 e. The molecule has 0 aliphatic carbocycles. The number of anilines is 1. The molecule has 0 bridgehead atoms. The van der Waals surface area contributed by atoms with E-state index in [2.05, 4.69) is 31.2 Å². The standard InChI is InChI=1S/C9H6BrClN4O/c10-7-3-6(4-13-8(7)11)14-9(16)15-2-1-12-5-15/h1-5H,(H,14,16). The van der Waals surface area contributed by atoms with Crippen molar-refractivity contribution < 1.29 is 4.79 Å². The Morgan fingerprint density at radius 1 is 1.56 bits per heavy atom. The molecule has 2 rings (SSSR count). The molecule has 82 valence electrons. The molecule has 0 spiro atoms. The van der Waals surface area contributed by atoms with Crippen LogP contribution in [0.1, 0.15) is 0 Å². The summed E-state index contributed by atoms with van der Waals surface area (Å²) in [6.45, 7) is 0. The van der Waals surface area contributed by atoms with Crippen LogP contribution < -0.4 is 5.32 Å². The normalized spacial score (nSPS) is 10.1. The van der Waals surface area contributed by atoms with Crippen LogP contribution in [0, 0.1) is 0 Å². The van der Waals surface area contributed by atoms with Gasteiger partial charge >= 0.3 is 6.03 Å². The van der Waals surface area contributed by atoms with Gasteiger partial charge in [0.2, 0.25) is 0 Å². The van der Waals surface area contributed by atoms with Gasteiger partial charge in [-0.15, -0.1) is 0 Å². The number of halogens is 2. The SMILES string of the molecule is O=C(Nc1cnc(Cl)c(Br)c1)n1ccnc1. The molecular formula is C9H6BrClN4O. The average Bonchev–Trinajstić information content (AvgIpc) is 2.77.